The highest BCUT2D eigenvalue weighted by Crippen LogP contribution is 2.39. The maximum atomic E-state index is 13.1. The van der Waals surface area contributed by atoms with Crippen LogP contribution in [-0.4, -0.2) is 38.6 Å². The van der Waals surface area contributed by atoms with Gasteiger partial charge in [0.2, 0.25) is 12.5 Å². The molecular weight excluding hydrogens is 338 g/mol. The molecule has 3 aromatic rings. The fourth-order valence-electron chi connectivity index (χ4n) is 3.04. The van der Waals surface area contributed by atoms with Crippen LogP contribution < -0.4 is 23.7 Å². The molecule has 0 atom stereocenters. The van der Waals surface area contributed by atoms with Crippen molar-refractivity contribution in [1.29, 1.82) is 0 Å². The molecule has 2 aromatic carbocycles. The smallest absolute Gasteiger partial charge is 0.262 e. The van der Waals surface area contributed by atoms with E-state index in [1.54, 1.807) is 29.0 Å². The second-order valence-corrected chi connectivity index (χ2v) is 5.67. The van der Waals surface area contributed by atoms with Crippen molar-refractivity contribution < 1.29 is 28.5 Å². The van der Waals surface area contributed by atoms with Gasteiger partial charge in [0.1, 0.15) is 0 Å². The molecule has 26 heavy (non-hydrogen) atoms. The Balaban J connectivity index is 1.82. The van der Waals surface area contributed by atoms with Gasteiger partial charge in [-0.1, -0.05) is 0 Å². The van der Waals surface area contributed by atoms with Crippen LogP contribution in [0.5, 0.6) is 28.7 Å². The second kappa shape index (κ2) is 6.18. The maximum Gasteiger partial charge on any atom is 0.262 e. The van der Waals surface area contributed by atoms with Gasteiger partial charge in [-0.2, -0.15) is 0 Å². The predicted octanol–water partition coefficient (Wildman–Crippen LogP) is 3.08. The fourth-order valence-corrected chi connectivity index (χ4v) is 3.04. The first-order valence-corrected chi connectivity index (χ1v) is 7.91. The predicted molar refractivity (Wildman–Crippen MR) is 93.9 cm³/mol. The van der Waals surface area contributed by atoms with Gasteiger partial charge >= 0.3 is 0 Å². The highest BCUT2D eigenvalue weighted by molar-refractivity contribution is 6.03. The summed E-state index contributed by atoms with van der Waals surface area (Å²) in [5, 5.41) is 0.884. The number of carbonyl (C=O) groups excluding carboxylic acids is 1. The van der Waals surface area contributed by atoms with E-state index in [0.29, 0.717) is 34.3 Å². The minimum Gasteiger partial charge on any atom is -0.493 e. The van der Waals surface area contributed by atoms with Crippen LogP contribution in [-0.2, 0) is 0 Å². The van der Waals surface area contributed by atoms with Crippen molar-refractivity contribution in [1.82, 2.24) is 4.57 Å². The molecule has 7 nitrogen and oxygen atoms in total. The molecule has 0 bridgehead atoms. The van der Waals surface area contributed by atoms with Crippen molar-refractivity contribution in [2.24, 2.45) is 0 Å². The number of ether oxygens (including phenoxy) is 5. The number of benzene rings is 2. The lowest BCUT2D eigenvalue weighted by Gasteiger charge is -2.14. The molecule has 0 unspecified atom stereocenters. The third-order valence-corrected chi connectivity index (χ3v) is 4.32. The lowest BCUT2D eigenvalue weighted by atomic mass is 10.1. The molecule has 7 heteroatoms. The number of hydrogen-bond donors (Lipinski definition) is 0. The molecular formula is C19H17NO6. The maximum absolute atomic E-state index is 13.1. The van der Waals surface area contributed by atoms with E-state index in [2.05, 4.69) is 0 Å². The van der Waals surface area contributed by atoms with Crippen molar-refractivity contribution in [3.8, 4) is 28.7 Å². The number of aromatic nitrogens is 1. The lowest BCUT2D eigenvalue weighted by molar-refractivity contribution is 0.0964. The van der Waals surface area contributed by atoms with Crippen molar-refractivity contribution in [2.45, 2.75) is 0 Å². The normalized spacial score (nSPS) is 12.3. The summed E-state index contributed by atoms with van der Waals surface area (Å²) in [7, 11) is 4.54. The van der Waals surface area contributed by atoms with Gasteiger partial charge in [-0.3, -0.25) is 9.36 Å². The van der Waals surface area contributed by atoms with Crippen LogP contribution in [0.25, 0.3) is 10.9 Å². The summed E-state index contributed by atoms with van der Waals surface area (Å²) in [6, 6.07) is 8.77. The van der Waals surface area contributed by atoms with E-state index in [9.17, 15) is 4.79 Å². The van der Waals surface area contributed by atoms with E-state index in [0.717, 1.165) is 10.9 Å². The summed E-state index contributed by atoms with van der Waals surface area (Å²) >= 11 is 0. The van der Waals surface area contributed by atoms with E-state index in [1.165, 1.54) is 21.3 Å². The Labute approximate surface area is 149 Å². The fraction of sp³-hybridized carbons (Fsp3) is 0.211. The average Bonchev–Trinajstić information content (AvgIpc) is 3.30. The van der Waals surface area contributed by atoms with Crippen LogP contribution in [0.4, 0.5) is 0 Å². The zero-order valence-electron chi connectivity index (χ0n) is 14.6. The molecule has 0 saturated heterocycles. The van der Waals surface area contributed by atoms with Crippen molar-refractivity contribution in [3.63, 3.8) is 0 Å². The minimum absolute atomic E-state index is 0.183. The first kappa shape index (κ1) is 16.1. The van der Waals surface area contributed by atoms with Gasteiger partial charge in [0.25, 0.3) is 5.91 Å². The molecule has 1 aromatic heterocycles. The highest BCUT2D eigenvalue weighted by atomic mass is 16.7. The zero-order valence-corrected chi connectivity index (χ0v) is 14.6. The Morgan fingerprint density at radius 2 is 1.62 bits per heavy atom. The van der Waals surface area contributed by atoms with Crippen LogP contribution in [0.3, 0.4) is 0 Å². The van der Waals surface area contributed by atoms with Gasteiger partial charge in [0.05, 0.1) is 26.8 Å². The summed E-state index contributed by atoms with van der Waals surface area (Å²) < 4.78 is 28.3. The Bertz CT molecular complexity index is 982. The molecule has 0 saturated carbocycles. The molecule has 134 valence electrons. The third kappa shape index (κ3) is 2.40. The molecule has 0 fully saturated rings. The first-order valence-electron chi connectivity index (χ1n) is 7.91. The van der Waals surface area contributed by atoms with Crippen LogP contribution in [0.15, 0.2) is 36.5 Å². The van der Waals surface area contributed by atoms with Gasteiger partial charge in [0.15, 0.2) is 23.0 Å². The van der Waals surface area contributed by atoms with Crippen LogP contribution in [0.2, 0.25) is 0 Å². The van der Waals surface area contributed by atoms with Crippen LogP contribution in [0, 0.1) is 0 Å². The number of methoxy groups -OCH3 is 3. The van der Waals surface area contributed by atoms with Crippen molar-refractivity contribution in [3.05, 3.63) is 42.1 Å². The molecule has 1 aliphatic heterocycles. The third-order valence-electron chi connectivity index (χ3n) is 4.32. The van der Waals surface area contributed by atoms with Crippen molar-refractivity contribution in [2.75, 3.05) is 28.1 Å². The quantitative estimate of drug-likeness (QED) is 0.716. The largest absolute Gasteiger partial charge is 0.493 e. The number of carbonyl (C=O) groups is 1. The molecule has 0 N–H and O–H groups in total. The highest BCUT2D eigenvalue weighted by Gasteiger charge is 2.21. The second-order valence-electron chi connectivity index (χ2n) is 5.67. The standard InChI is InChI=1S/C19H17NO6/c1-22-16-7-12(8-17(23-2)18(16)24-3)19(21)20-5-4-11-6-14-15(9-13(11)20)26-10-25-14/h4-9H,10H2,1-3H3. The molecule has 2 heterocycles. The van der Waals surface area contributed by atoms with E-state index in [-0.39, 0.29) is 12.7 Å². The summed E-state index contributed by atoms with van der Waals surface area (Å²) in [5.74, 6) is 2.35. The molecule has 0 aliphatic carbocycles. The Hall–Kier alpha value is -3.35. The van der Waals surface area contributed by atoms with Gasteiger partial charge in [-0.05, 0) is 24.3 Å². The number of rotatable bonds is 4. The monoisotopic (exact) mass is 355 g/mol. The van der Waals surface area contributed by atoms with E-state index < -0.39 is 0 Å². The minimum atomic E-state index is -0.224. The van der Waals surface area contributed by atoms with E-state index in [4.69, 9.17) is 23.7 Å². The van der Waals surface area contributed by atoms with Gasteiger partial charge in [-0.15, -0.1) is 0 Å². The topological polar surface area (TPSA) is 68.2 Å². The van der Waals surface area contributed by atoms with Crippen LogP contribution in [0.1, 0.15) is 10.4 Å². The summed E-state index contributed by atoms with van der Waals surface area (Å²) in [6.45, 7) is 0.183. The number of fused-ring (bicyclic) bond motifs is 2. The Morgan fingerprint density at radius 3 is 2.23 bits per heavy atom. The zero-order chi connectivity index (χ0) is 18.3. The molecule has 0 amide bonds. The van der Waals surface area contributed by atoms with E-state index in [1.807, 2.05) is 12.1 Å². The number of nitrogens with zero attached hydrogens (tertiary/aromatic N) is 1. The SMILES string of the molecule is COc1cc(C(=O)n2ccc3cc4c(cc32)OCO4)cc(OC)c1OC. The molecule has 4 rings (SSSR count). The molecule has 1 aliphatic rings. The molecule has 0 spiro atoms. The average molecular weight is 355 g/mol. The number of hydrogen-bond acceptors (Lipinski definition) is 6. The van der Waals surface area contributed by atoms with Gasteiger partial charge in [0, 0.05) is 23.2 Å². The molecule has 0 radical (unpaired) electrons. The van der Waals surface area contributed by atoms with Crippen molar-refractivity contribution >= 4 is 16.8 Å². The summed E-state index contributed by atoms with van der Waals surface area (Å²) in [4.78, 5) is 13.1. The van der Waals surface area contributed by atoms with Gasteiger partial charge in [-0.25, -0.2) is 0 Å². The Morgan fingerprint density at radius 1 is 0.962 bits per heavy atom. The van der Waals surface area contributed by atoms with Gasteiger partial charge < -0.3 is 23.7 Å². The first-order chi connectivity index (χ1) is 12.7. The summed E-state index contributed by atoms with van der Waals surface area (Å²) in [5.41, 5.74) is 1.14. The Kier molecular flexibility index (Phi) is 3.84. The van der Waals surface area contributed by atoms with E-state index >= 15 is 0 Å². The van der Waals surface area contributed by atoms with Crippen LogP contribution >= 0.6 is 0 Å². The lowest BCUT2D eigenvalue weighted by Crippen LogP contribution is -2.11. The summed E-state index contributed by atoms with van der Waals surface area (Å²) in [6.07, 6.45) is 1.71.